The molecule has 0 fully saturated rings. The van der Waals surface area contributed by atoms with E-state index in [0.29, 0.717) is 11.1 Å². The highest BCUT2D eigenvalue weighted by Gasteiger charge is 2.21. The van der Waals surface area contributed by atoms with Crippen LogP contribution in [0.1, 0.15) is 43.6 Å². The van der Waals surface area contributed by atoms with Crippen molar-refractivity contribution in [3.05, 3.63) is 41.5 Å². The number of carbonyl (C=O) groups is 3. The molecule has 1 aromatic carbocycles. The van der Waals surface area contributed by atoms with Crippen molar-refractivity contribution in [2.75, 3.05) is 7.11 Å². The van der Waals surface area contributed by atoms with Crippen molar-refractivity contribution in [3.8, 4) is 0 Å². The van der Waals surface area contributed by atoms with Crippen LogP contribution in [0.25, 0.3) is 6.08 Å². The zero-order chi connectivity index (χ0) is 18.3. The summed E-state index contributed by atoms with van der Waals surface area (Å²) in [5.41, 5.74) is 0.741. The fourth-order valence-corrected chi connectivity index (χ4v) is 1.75. The number of nitrogens with one attached hydrogen (secondary N) is 1. The van der Waals surface area contributed by atoms with Crippen LogP contribution >= 0.6 is 0 Å². The molecule has 0 unspecified atom stereocenters. The molecule has 0 spiro atoms. The highest BCUT2D eigenvalue weighted by Crippen LogP contribution is 2.08. The van der Waals surface area contributed by atoms with Gasteiger partial charge in [0, 0.05) is 11.6 Å². The maximum absolute atomic E-state index is 11.8. The fourth-order valence-electron chi connectivity index (χ4n) is 1.75. The van der Waals surface area contributed by atoms with Gasteiger partial charge < -0.3 is 14.8 Å². The topological polar surface area (TPSA) is 81.7 Å². The van der Waals surface area contributed by atoms with E-state index in [0.717, 1.165) is 0 Å². The summed E-state index contributed by atoms with van der Waals surface area (Å²) in [5.74, 6) is -1.40. The molecule has 1 N–H and O–H groups in total. The van der Waals surface area contributed by atoms with Gasteiger partial charge in [0.25, 0.3) is 5.91 Å². The van der Waals surface area contributed by atoms with Crippen LogP contribution in [-0.4, -0.2) is 36.6 Å². The third kappa shape index (κ3) is 6.64. The molecule has 1 amide bonds. The van der Waals surface area contributed by atoms with E-state index >= 15 is 0 Å². The van der Waals surface area contributed by atoms with Gasteiger partial charge >= 0.3 is 11.9 Å². The number of esters is 2. The summed E-state index contributed by atoms with van der Waals surface area (Å²) >= 11 is 0. The van der Waals surface area contributed by atoms with Gasteiger partial charge in [0.15, 0.2) is 6.10 Å². The predicted octanol–water partition coefficient (Wildman–Crippen LogP) is 2.33. The molecule has 0 radical (unpaired) electrons. The van der Waals surface area contributed by atoms with Crippen molar-refractivity contribution in [1.82, 2.24) is 5.32 Å². The van der Waals surface area contributed by atoms with Crippen LogP contribution in [0.15, 0.2) is 30.3 Å². The molecule has 130 valence electrons. The minimum absolute atomic E-state index is 0.355. The quantitative estimate of drug-likeness (QED) is 0.661. The lowest BCUT2D eigenvalue weighted by Crippen LogP contribution is -2.46. The summed E-state index contributed by atoms with van der Waals surface area (Å²) in [7, 11) is 1.31. The second-order valence-corrected chi connectivity index (χ2v) is 6.27. The molecule has 0 heterocycles. The van der Waals surface area contributed by atoms with Crippen molar-refractivity contribution >= 4 is 23.9 Å². The minimum Gasteiger partial charge on any atom is -0.465 e. The molecule has 0 saturated heterocycles. The first kappa shape index (κ1) is 19.4. The van der Waals surface area contributed by atoms with Gasteiger partial charge in [-0.1, -0.05) is 12.1 Å². The molecule has 0 aliphatic rings. The number of carbonyl (C=O) groups excluding carboxylic acids is 3. The highest BCUT2D eigenvalue weighted by atomic mass is 16.5. The van der Waals surface area contributed by atoms with Gasteiger partial charge in [0.2, 0.25) is 0 Å². The largest absolute Gasteiger partial charge is 0.465 e. The Morgan fingerprint density at radius 2 is 1.71 bits per heavy atom. The smallest absolute Gasteiger partial charge is 0.337 e. The van der Waals surface area contributed by atoms with E-state index in [1.807, 2.05) is 20.8 Å². The Labute approximate surface area is 141 Å². The van der Waals surface area contributed by atoms with Crippen LogP contribution in [0.2, 0.25) is 0 Å². The summed E-state index contributed by atoms with van der Waals surface area (Å²) in [4.78, 5) is 34.9. The number of methoxy groups -OCH3 is 1. The zero-order valence-electron chi connectivity index (χ0n) is 14.6. The number of ether oxygens (including phenoxy) is 2. The Balaban J connectivity index is 2.59. The molecule has 0 saturated carbocycles. The Morgan fingerprint density at radius 3 is 2.21 bits per heavy atom. The first-order valence-electron chi connectivity index (χ1n) is 7.51. The predicted molar refractivity (Wildman–Crippen MR) is 90.3 cm³/mol. The standard InChI is InChI=1S/C18H23NO5/c1-12(16(21)19-18(2,3)4)24-15(20)11-8-13-6-9-14(10-7-13)17(22)23-5/h6-12H,1-5H3,(H,19,21)/b11-8+/t12-/m0/s1. The summed E-state index contributed by atoms with van der Waals surface area (Å²) in [5, 5.41) is 2.74. The van der Waals surface area contributed by atoms with E-state index in [1.165, 1.54) is 26.2 Å². The minimum atomic E-state index is -0.886. The van der Waals surface area contributed by atoms with Gasteiger partial charge in [-0.3, -0.25) is 4.79 Å². The number of hydrogen-bond acceptors (Lipinski definition) is 5. The Bertz CT molecular complexity index is 626. The maximum Gasteiger partial charge on any atom is 0.337 e. The van der Waals surface area contributed by atoms with Gasteiger partial charge in [-0.05, 0) is 51.5 Å². The number of amides is 1. The average Bonchev–Trinajstić information content (AvgIpc) is 2.51. The molecular weight excluding hydrogens is 310 g/mol. The van der Waals surface area contributed by atoms with Crippen molar-refractivity contribution < 1.29 is 23.9 Å². The third-order valence-corrected chi connectivity index (χ3v) is 2.90. The van der Waals surface area contributed by atoms with Crippen molar-refractivity contribution in [2.45, 2.75) is 39.3 Å². The number of rotatable bonds is 5. The highest BCUT2D eigenvalue weighted by molar-refractivity contribution is 5.91. The molecule has 6 nitrogen and oxygen atoms in total. The molecule has 0 aliphatic carbocycles. The van der Waals surface area contributed by atoms with E-state index < -0.39 is 23.6 Å². The van der Waals surface area contributed by atoms with E-state index in [-0.39, 0.29) is 5.91 Å². The maximum atomic E-state index is 11.8. The van der Waals surface area contributed by atoms with Gasteiger partial charge in [-0.2, -0.15) is 0 Å². The molecule has 1 atom stereocenters. The van der Waals surface area contributed by atoms with E-state index in [4.69, 9.17) is 4.74 Å². The molecule has 0 aromatic heterocycles. The molecule has 1 rings (SSSR count). The first-order valence-corrected chi connectivity index (χ1v) is 7.51. The number of hydrogen-bond donors (Lipinski definition) is 1. The normalized spacial score (nSPS) is 12.5. The van der Waals surface area contributed by atoms with Crippen molar-refractivity contribution in [2.24, 2.45) is 0 Å². The van der Waals surface area contributed by atoms with Crippen LogP contribution in [0.3, 0.4) is 0 Å². The van der Waals surface area contributed by atoms with Gasteiger partial charge in [0.1, 0.15) is 0 Å². The Hall–Kier alpha value is -2.63. The molecule has 24 heavy (non-hydrogen) atoms. The van der Waals surface area contributed by atoms with Crippen molar-refractivity contribution in [3.63, 3.8) is 0 Å². The molecule has 1 aromatic rings. The molecule has 0 aliphatic heterocycles. The Kier molecular flexibility index (Phi) is 6.70. The van der Waals surface area contributed by atoms with E-state index in [9.17, 15) is 14.4 Å². The van der Waals surface area contributed by atoms with Gasteiger partial charge in [0.05, 0.1) is 12.7 Å². The summed E-state index contributed by atoms with van der Waals surface area (Å²) in [6, 6.07) is 6.53. The lowest BCUT2D eigenvalue weighted by Gasteiger charge is -2.22. The summed E-state index contributed by atoms with van der Waals surface area (Å²) in [6.45, 7) is 7.05. The monoisotopic (exact) mass is 333 g/mol. The van der Waals surface area contributed by atoms with Crippen LogP contribution in [0.4, 0.5) is 0 Å². The molecule has 0 bridgehead atoms. The van der Waals surface area contributed by atoms with Crippen LogP contribution < -0.4 is 5.32 Å². The summed E-state index contributed by atoms with van der Waals surface area (Å²) in [6.07, 6.45) is 1.88. The van der Waals surface area contributed by atoms with Crippen LogP contribution in [-0.2, 0) is 19.1 Å². The summed E-state index contributed by atoms with van der Waals surface area (Å²) < 4.78 is 9.65. The zero-order valence-corrected chi connectivity index (χ0v) is 14.6. The lowest BCUT2D eigenvalue weighted by molar-refractivity contribution is -0.150. The van der Waals surface area contributed by atoms with Crippen LogP contribution in [0, 0.1) is 0 Å². The van der Waals surface area contributed by atoms with Gasteiger partial charge in [-0.15, -0.1) is 0 Å². The van der Waals surface area contributed by atoms with Crippen LogP contribution in [0.5, 0.6) is 0 Å². The van der Waals surface area contributed by atoms with E-state index in [2.05, 4.69) is 10.1 Å². The Morgan fingerprint density at radius 1 is 1.12 bits per heavy atom. The van der Waals surface area contributed by atoms with Gasteiger partial charge in [-0.25, -0.2) is 9.59 Å². The first-order chi connectivity index (χ1) is 11.1. The second-order valence-electron chi connectivity index (χ2n) is 6.27. The fraction of sp³-hybridized carbons (Fsp3) is 0.389. The molecular formula is C18H23NO5. The molecule has 6 heteroatoms. The second kappa shape index (κ2) is 8.29. The third-order valence-electron chi connectivity index (χ3n) is 2.90. The lowest BCUT2D eigenvalue weighted by atomic mass is 10.1. The van der Waals surface area contributed by atoms with E-state index in [1.54, 1.807) is 24.3 Å². The SMILES string of the molecule is COC(=O)c1ccc(/C=C/C(=O)O[C@@H](C)C(=O)NC(C)(C)C)cc1. The van der Waals surface area contributed by atoms with Crippen molar-refractivity contribution in [1.29, 1.82) is 0 Å². The average molecular weight is 333 g/mol. The number of benzene rings is 1.